The molecule has 1 aromatic rings. The highest BCUT2D eigenvalue weighted by molar-refractivity contribution is 5.88. The fourth-order valence-corrected chi connectivity index (χ4v) is 4.21. The van der Waals surface area contributed by atoms with E-state index in [1.807, 2.05) is 39.0 Å². The van der Waals surface area contributed by atoms with Crippen molar-refractivity contribution in [2.45, 2.75) is 57.2 Å². The van der Waals surface area contributed by atoms with Crippen LogP contribution in [0.5, 0.6) is 0 Å². The van der Waals surface area contributed by atoms with Gasteiger partial charge in [-0.3, -0.25) is 4.79 Å². The number of carboxylic acid groups (broad SMARTS) is 1. The van der Waals surface area contributed by atoms with E-state index < -0.39 is 29.1 Å². The number of aliphatic carboxylic acids is 1. The summed E-state index contributed by atoms with van der Waals surface area (Å²) in [5.41, 5.74) is 6.89. The number of nitrogens with two attached hydrogens (primary N) is 1. The molecule has 1 fully saturated rings. The topological polar surface area (TPSA) is 92.9 Å². The molecular weight excluding hydrogens is 380 g/mol. The molecule has 1 heterocycles. The zero-order valence-corrected chi connectivity index (χ0v) is 18.2. The van der Waals surface area contributed by atoms with Crippen LogP contribution in [0.2, 0.25) is 0 Å². The van der Waals surface area contributed by atoms with E-state index in [9.17, 15) is 14.7 Å². The predicted molar refractivity (Wildman–Crippen MR) is 116 cm³/mol. The minimum absolute atomic E-state index is 0.161. The van der Waals surface area contributed by atoms with Gasteiger partial charge in [0, 0.05) is 19.4 Å². The van der Waals surface area contributed by atoms with Crippen molar-refractivity contribution in [2.24, 2.45) is 11.1 Å². The second-order valence-corrected chi connectivity index (χ2v) is 9.34. The maximum atomic E-state index is 13.1. The van der Waals surface area contributed by atoms with Crippen LogP contribution >= 0.6 is 0 Å². The molecule has 1 saturated heterocycles. The van der Waals surface area contributed by atoms with E-state index in [-0.39, 0.29) is 18.9 Å². The maximum Gasteiger partial charge on any atom is 0.326 e. The third kappa shape index (κ3) is 4.20. The summed E-state index contributed by atoms with van der Waals surface area (Å²) in [6.45, 7) is 5.78. The average molecular weight is 413 g/mol. The average Bonchev–Trinajstić information content (AvgIpc) is 3.14. The monoisotopic (exact) mass is 412 g/mol. The number of likely N-dealkylation sites (tertiary alicyclic amines) is 1. The molecule has 0 saturated carbocycles. The second-order valence-electron chi connectivity index (χ2n) is 9.34. The number of carbonyl (C=O) groups excluding carboxylic acids is 1. The van der Waals surface area contributed by atoms with E-state index >= 15 is 0 Å². The lowest BCUT2D eigenvalue weighted by atomic mass is 9.86. The summed E-state index contributed by atoms with van der Waals surface area (Å²) in [5.74, 6) is -1.07. The summed E-state index contributed by atoms with van der Waals surface area (Å²) in [4.78, 5) is 26.4. The molecule has 0 spiro atoms. The van der Waals surface area contributed by atoms with Gasteiger partial charge in [0.25, 0.3) is 0 Å². The lowest BCUT2D eigenvalue weighted by Crippen LogP contribution is -2.53. The Kier molecular flexibility index (Phi) is 6.20. The van der Waals surface area contributed by atoms with Crippen LogP contribution in [0.4, 0.5) is 0 Å². The molecule has 1 unspecified atom stereocenters. The van der Waals surface area contributed by atoms with Crippen molar-refractivity contribution in [2.75, 3.05) is 13.7 Å². The fraction of sp³-hybridized carbons (Fsp3) is 0.500. The van der Waals surface area contributed by atoms with Crippen LogP contribution in [0.15, 0.2) is 48.6 Å². The molecule has 6 heteroatoms. The fourth-order valence-electron chi connectivity index (χ4n) is 4.21. The van der Waals surface area contributed by atoms with E-state index in [1.165, 1.54) is 10.5 Å². The number of carbonyl (C=O) groups is 2. The summed E-state index contributed by atoms with van der Waals surface area (Å²) in [6, 6.07) is 6.33. The second kappa shape index (κ2) is 8.36. The first-order chi connectivity index (χ1) is 14.1. The molecule has 3 rings (SSSR count). The Hall–Kier alpha value is -2.44. The smallest absolute Gasteiger partial charge is 0.326 e. The number of ether oxygens (including phenoxy) is 1. The maximum absolute atomic E-state index is 13.1. The molecular formula is C24H32N2O4. The van der Waals surface area contributed by atoms with Gasteiger partial charge in [0.05, 0.1) is 12.6 Å². The summed E-state index contributed by atoms with van der Waals surface area (Å²) >= 11 is 0. The van der Waals surface area contributed by atoms with Crippen LogP contribution < -0.4 is 5.73 Å². The third-order valence-electron chi connectivity index (χ3n) is 6.33. The predicted octanol–water partition coefficient (Wildman–Crippen LogP) is 3.19. The number of benzene rings is 1. The van der Waals surface area contributed by atoms with Crippen molar-refractivity contribution in [3.8, 4) is 0 Å². The SMILES string of the molecule is CO[C@@]1(c2ccc(C3C=CC=CC3)cc2)C[C@@H](C(=O)O)N(C(=O)[C@@H](N)C(C)(C)C)C1. The Morgan fingerprint density at radius 1 is 1.23 bits per heavy atom. The van der Waals surface area contributed by atoms with Gasteiger partial charge in [-0.05, 0) is 23.0 Å². The minimum Gasteiger partial charge on any atom is -0.480 e. The van der Waals surface area contributed by atoms with Crippen LogP contribution in [-0.2, 0) is 19.9 Å². The van der Waals surface area contributed by atoms with Crippen LogP contribution in [0.1, 0.15) is 50.7 Å². The molecule has 4 atom stereocenters. The van der Waals surface area contributed by atoms with Gasteiger partial charge in [-0.25, -0.2) is 4.79 Å². The van der Waals surface area contributed by atoms with Crippen LogP contribution in [0.3, 0.4) is 0 Å². The van der Waals surface area contributed by atoms with Gasteiger partial charge in [0.1, 0.15) is 11.6 Å². The Bertz CT molecular complexity index is 853. The number of methoxy groups -OCH3 is 1. The Labute approximate surface area is 178 Å². The van der Waals surface area contributed by atoms with Gasteiger partial charge in [-0.2, -0.15) is 0 Å². The van der Waals surface area contributed by atoms with Gasteiger partial charge in [0.2, 0.25) is 5.91 Å². The first kappa shape index (κ1) is 22.2. The minimum atomic E-state index is -1.04. The number of hydrogen-bond acceptors (Lipinski definition) is 4. The van der Waals surface area contributed by atoms with Gasteiger partial charge in [-0.1, -0.05) is 69.3 Å². The van der Waals surface area contributed by atoms with E-state index in [2.05, 4.69) is 30.4 Å². The van der Waals surface area contributed by atoms with Crippen molar-refractivity contribution in [3.05, 3.63) is 59.7 Å². The largest absolute Gasteiger partial charge is 0.480 e. The first-order valence-corrected chi connectivity index (χ1v) is 10.4. The molecule has 0 radical (unpaired) electrons. The zero-order valence-electron chi connectivity index (χ0n) is 18.2. The zero-order chi connectivity index (χ0) is 22.1. The first-order valence-electron chi connectivity index (χ1n) is 10.4. The van der Waals surface area contributed by atoms with E-state index in [4.69, 9.17) is 10.5 Å². The van der Waals surface area contributed by atoms with Crippen molar-refractivity contribution < 1.29 is 19.4 Å². The van der Waals surface area contributed by atoms with Gasteiger partial charge in [0.15, 0.2) is 0 Å². The number of carboxylic acids is 1. The highest BCUT2D eigenvalue weighted by Crippen LogP contribution is 2.40. The molecule has 3 N–H and O–H groups in total. The molecule has 162 valence electrons. The summed E-state index contributed by atoms with van der Waals surface area (Å²) in [7, 11) is 1.57. The lowest BCUT2D eigenvalue weighted by molar-refractivity contribution is -0.149. The van der Waals surface area contributed by atoms with Crippen molar-refractivity contribution in [1.29, 1.82) is 0 Å². The highest BCUT2D eigenvalue weighted by atomic mass is 16.5. The van der Waals surface area contributed by atoms with Gasteiger partial charge >= 0.3 is 5.97 Å². The number of nitrogens with zero attached hydrogens (tertiary/aromatic N) is 1. The Morgan fingerprint density at radius 3 is 2.40 bits per heavy atom. The van der Waals surface area contributed by atoms with Crippen molar-refractivity contribution in [3.63, 3.8) is 0 Å². The summed E-state index contributed by atoms with van der Waals surface area (Å²) in [6.07, 6.45) is 9.56. The van der Waals surface area contributed by atoms with Crippen LogP contribution in [0, 0.1) is 5.41 Å². The van der Waals surface area contributed by atoms with Gasteiger partial charge < -0.3 is 20.5 Å². The summed E-state index contributed by atoms with van der Waals surface area (Å²) < 4.78 is 5.87. The molecule has 30 heavy (non-hydrogen) atoms. The standard InChI is InChI=1S/C24H32N2O4/c1-23(2,3)20(25)21(27)26-15-24(30-4,14-19(26)22(28)29)18-12-10-17(11-13-18)16-8-6-5-7-9-16/h5-8,10-13,16,19-20H,9,14-15,25H2,1-4H3,(H,28,29)/t16?,19-,20+,24-/m0/s1. The lowest BCUT2D eigenvalue weighted by Gasteiger charge is -2.33. The molecule has 1 aliphatic carbocycles. The van der Waals surface area contributed by atoms with Crippen LogP contribution in [0.25, 0.3) is 0 Å². The van der Waals surface area contributed by atoms with Crippen LogP contribution in [-0.4, -0.2) is 47.6 Å². The molecule has 1 aliphatic heterocycles. The number of allylic oxidation sites excluding steroid dienone is 4. The highest BCUT2D eigenvalue weighted by Gasteiger charge is 2.51. The van der Waals surface area contributed by atoms with E-state index in [1.54, 1.807) is 7.11 Å². The number of hydrogen-bond donors (Lipinski definition) is 2. The molecule has 1 amide bonds. The van der Waals surface area contributed by atoms with E-state index in [0.29, 0.717) is 5.92 Å². The van der Waals surface area contributed by atoms with Crippen molar-refractivity contribution >= 4 is 11.9 Å². The normalized spacial score (nSPS) is 27.3. The molecule has 0 aromatic heterocycles. The molecule has 1 aromatic carbocycles. The van der Waals surface area contributed by atoms with Gasteiger partial charge in [-0.15, -0.1) is 0 Å². The number of amides is 1. The summed E-state index contributed by atoms with van der Waals surface area (Å²) in [5, 5.41) is 9.80. The third-order valence-corrected chi connectivity index (χ3v) is 6.33. The van der Waals surface area contributed by atoms with Crippen molar-refractivity contribution in [1.82, 2.24) is 4.90 Å². The molecule has 2 aliphatic rings. The Balaban J connectivity index is 1.89. The quantitative estimate of drug-likeness (QED) is 0.775. The molecule has 6 nitrogen and oxygen atoms in total. The van der Waals surface area contributed by atoms with E-state index in [0.717, 1.165) is 12.0 Å². The Morgan fingerprint density at radius 2 is 1.90 bits per heavy atom. The number of rotatable bonds is 5. The molecule has 0 bridgehead atoms.